The molecule has 0 radical (unpaired) electrons. The molecule has 0 amide bonds. The summed E-state index contributed by atoms with van der Waals surface area (Å²) in [6.07, 6.45) is 9.54. The number of pyridine rings is 7. The number of nitrogens with zero attached hydrogens (tertiary/aromatic N) is 12. The molecular formula is C106H104N18O16. The van der Waals surface area contributed by atoms with Crippen molar-refractivity contribution in [2.24, 2.45) is 7.05 Å². The highest BCUT2D eigenvalue weighted by Gasteiger charge is 2.31. The van der Waals surface area contributed by atoms with Gasteiger partial charge in [-0.25, -0.2) is 0 Å². The number of nitrogen functional groups attached to an aromatic ring is 1. The fourth-order valence-corrected chi connectivity index (χ4v) is 19.3. The Kier molecular flexibility index (Phi) is 27.9. The monoisotopic (exact) mass is 1880 g/mol. The van der Waals surface area contributed by atoms with E-state index in [1.807, 2.05) is 84.4 Å². The summed E-state index contributed by atoms with van der Waals surface area (Å²) in [5, 5.41) is 26.6. The summed E-state index contributed by atoms with van der Waals surface area (Å²) in [5.74, 6) is 1.35. The van der Waals surface area contributed by atoms with Gasteiger partial charge in [-0.2, -0.15) is 0 Å². The Labute approximate surface area is 803 Å². The lowest BCUT2D eigenvalue weighted by molar-refractivity contribution is -0.385. The van der Waals surface area contributed by atoms with Crippen LogP contribution in [-0.2, 0) is 51.8 Å². The minimum atomic E-state index is -0.513. The molecule has 7 aromatic heterocycles. The van der Waals surface area contributed by atoms with Gasteiger partial charge in [0.15, 0.2) is 11.7 Å². The van der Waals surface area contributed by atoms with E-state index in [-0.39, 0.29) is 49.4 Å². The molecule has 140 heavy (non-hydrogen) atoms. The van der Waals surface area contributed by atoms with Crippen molar-refractivity contribution in [2.45, 2.75) is 25.8 Å². The van der Waals surface area contributed by atoms with Crippen molar-refractivity contribution in [3.05, 3.63) is 347 Å². The smallest absolute Gasteiger partial charge is 0.270 e. The number of rotatable bonds is 16. The van der Waals surface area contributed by atoms with Gasteiger partial charge in [-0.3, -0.25) is 59.0 Å². The maximum absolute atomic E-state index is 13.2. The number of morpholine rings is 4. The van der Waals surface area contributed by atoms with E-state index in [9.17, 15) is 49.0 Å². The van der Waals surface area contributed by atoms with Crippen molar-refractivity contribution in [3.63, 3.8) is 0 Å². The molecule has 714 valence electrons. The number of nitrogens with two attached hydrogens (primary N) is 1. The van der Waals surface area contributed by atoms with E-state index >= 15 is 0 Å². The zero-order valence-electron chi connectivity index (χ0n) is 78.1. The van der Waals surface area contributed by atoms with Crippen LogP contribution in [0.5, 0.6) is 11.5 Å². The highest BCUT2D eigenvalue weighted by molar-refractivity contribution is 6.01. The third-order valence-electron chi connectivity index (χ3n) is 26.1. The normalized spacial score (nSPS) is 14.5. The number of ether oxygens (including phenoxy) is 6. The summed E-state index contributed by atoms with van der Waals surface area (Å²) in [6.45, 7) is 11.9. The lowest BCUT2D eigenvalue weighted by Crippen LogP contribution is -2.36. The van der Waals surface area contributed by atoms with Crippen molar-refractivity contribution in [1.82, 2.24) is 34.5 Å². The van der Waals surface area contributed by atoms with Crippen LogP contribution in [0.15, 0.2) is 255 Å². The Balaban J connectivity index is 0.000000120. The number of H-pyrrole nitrogens is 4. The standard InChI is InChI=1S/C30H31N5O3.C23H20N4O5.C23H22N4O4.C23H24N4O2.C7H7NO2/c1-34-28-7-6-23(32-18-20-12-25(37-2)19-31-17-20)14-22(28)13-21-4-3-5-26(30(21)34)27-15-24(16-29(36)33-27)35-8-10-38-11-9-35;1-25-20-6-5-14(27(30)31)11-18(20)23(29)17-4-2-3-16(22(17)25)19-12-15(13-21(28)24-19)26-7-9-32-10-8-26;1-25-21-6-5-17(27(29)30)12-16(21)11-15-3-2-4-19(23(15)25)20-13-18(14-22(28)24-20)26-7-9-31-10-8-26;1-26-21-6-5-17(24)12-16(21)11-15-3-2-4-19(23(15)26)20-13-18(14-22(28)25-20)27-7-9-29-10-8-27;1-10-7-2-6(5-9)3-8-4-7/h3-7,12,14-17,19,32H,8-11,13,18H2,1-2H3,(H,33,36);2-6,11-13H,7-10H2,1H3,(H,24,28);2-6,12-14H,7-11H2,1H3,(H,24,28);2-6,12-14H,7-11,24H2,1H3,(H,25,28);2-5H,1H3. The number of para-hydroxylation sites is 4. The van der Waals surface area contributed by atoms with E-state index in [2.05, 4.69) is 152 Å². The number of non-ortho nitro benzene ring substituents is 2. The second-order valence-corrected chi connectivity index (χ2v) is 34.7. The molecule has 0 atom stereocenters. The molecule has 0 aliphatic carbocycles. The number of aldehydes is 1. The van der Waals surface area contributed by atoms with Gasteiger partial charge in [-0.15, -0.1) is 0 Å². The van der Waals surface area contributed by atoms with E-state index in [1.54, 1.807) is 80.2 Å². The summed E-state index contributed by atoms with van der Waals surface area (Å²) >= 11 is 0. The first-order valence-corrected chi connectivity index (χ1v) is 46.0. The molecule has 4 fully saturated rings. The average molecular weight is 1890 g/mol. The third-order valence-corrected chi connectivity index (χ3v) is 26.1. The number of nitrogens with one attached hydrogen (secondary N) is 5. The highest BCUT2D eigenvalue weighted by atomic mass is 16.6. The largest absolute Gasteiger partial charge is 0.495 e. The molecule has 4 saturated heterocycles. The molecular weight excluding hydrogens is 1780 g/mol. The quantitative estimate of drug-likeness (QED) is 0.0172. The number of nitro groups is 2. The number of anilines is 12. The van der Waals surface area contributed by atoms with Crippen molar-refractivity contribution in [2.75, 3.05) is 186 Å². The maximum atomic E-state index is 13.2. The summed E-state index contributed by atoms with van der Waals surface area (Å²) in [4.78, 5) is 130. The van der Waals surface area contributed by atoms with Gasteiger partial charge >= 0.3 is 0 Å². The summed E-state index contributed by atoms with van der Waals surface area (Å²) in [6, 6.07) is 63.9. The van der Waals surface area contributed by atoms with Gasteiger partial charge in [0.05, 0.1) is 146 Å². The number of aryl methyl sites for hydroxylation is 1. The predicted molar refractivity (Wildman–Crippen MR) is 546 cm³/mol. The minimum absolute atomic E-state index is 0.0896. The van der Waals surface area contributed by atoms with E-state index in [0.29, 0.717) is 118 Å². The molecule has 0 bridgehead atoms. The van der Waals surface area contributed by atoms with E-state index in [4.69, 9.17) is 34.2 Å². The Hall–Kier alpha value is -16.6. The molecule has 15 aromatic rings. The third kappa shape index (κ3) is 20.3. The van der Waals surface area contributed by atoms with E-state index in [1.165, 1.54) is 53.8 Å². The van der Waals surface area contributed by atoms with E-state index in [0.717, 1.165) is 183 Å². The molecule has 34 heteroatoms. The van der Waals surface area contributed by atoms with Gasteiger partial charge in [-0.05, 0) is 130 Å². The van der Waals surface area contributed by atoms with E-state index < -0.39 is 4.92 Å². The molecule has 22 rings (SSSR count). The molecule has 34 nitrogen and oxygen atoms in total. The van der Waals surface area contributed by atoms with Crippen LogP contribution in [0.3, 0.4) is 0 Å². The number of hydrogen-bond acceptors (Lipinski definition) is 27. The van der Waals surface area contributed by atoms with Crippen LogP contribution in [0, 0.1) is 20.2 Å². The first kappa shape index (κ1) is 93.8. The molecule has 14 heterocycles. The number of nitro benzene ring substituents is 2. The number of aromatic nitrogens is 7. The molecule has 0 spiro atoms. The molecule has 7 N–H and O–H groups in total. The Morgan fingerprint density at radius 1 is 0.414 bits per heavy atom. The number of aromatic amines is 4. The fourth-order valence-electron chi connectivity index (χ4n) is 19.3. The van der Waals surface area contributed by atoms with Crippen LogP contribution in [0.1, 0.15) is 49.3 Å². The van der Waals surface area contributed by atoms with Crippen molar-refractivity contribution in [1.29, 1.82) is 0 Å². The average Bonchev–Trinajstić information content (AvgIpc) is 0.750. The van der Waals surface area contributed by atoms with Crippen LogP contribution in [0.25, 0.3) is 66.8 Å². The fraction of sp³-hybridized carbons (Fsp3) is 0.245. The first-order valence-electron chi connectivity index (χ1n) is 46.0. The van der Waals surface area contributed by atoms with Gasteiger partial charge in [-0.1, -0.05) is 66.7 Å². The molecule has 0 saturated carbocycles. The van der Waals surface area contributed by atoms with Crippen molar-refractivity contribution < 1.29 is 43.1 Å². The number of carbonyl (C=O) groups excluding carboxylic acids is 1. The highest BCUT2D eigenvalue weighted by Crippen LogP contribution is 2.48. The molecule has 7 aliphatic heterocycles. The SMILES string of the molecule is CN1c2ccc(N)cc2Cc2cccc(-c3cc(N4CCOCC4)cc(=O)[nH]3)c21.CN1c2ccc([N+](=O)[O-])cc2Cc2cccc(-c3cc(N4CCOCC4)cc(=O)[nH]3)c21.COc1cncc(C=O)c1.COc1cncc(CNc2ccc3c(c2)Cc2cccc(-c4cc(N5CCOCC5)cc(=O)[nH]4)c2N3C)c1.Cn1c2ccc([N+](=O)[O-])cc2c(=O)c2cccc(-c3cc(N4CCOCC4)cc(=O)[nH]3)c21. The predicted octanol–water partition coefficient (Wildman–Crippen LogP) is 14.9. The van der Waals surface area contributed by atoms with Gasteiger partial charge in [0.25, 0.3) is 11.4 Å². The summed E-state index contributed by atoms with van der Waals surface area (Å²) in [7, 11) is 11.1. The van der Waals surface area contributed by atoms with Crippen LogP contribution < -0.4 is 82.5 Å². The Morgan fingerprint density at radius 2 is 0.800 bits per heavy atom. The first-order chi connectivity index (χ1) is 68.0. The van der Waals surface area contributed by atoms with Crippen molar-refractivity contribution in [3.8, 4) is 56.5 Å². The second kappa shape index (κ2) is 41.6. The maximum Gasteiger partial charge on any atom is 0.270 e. The van der Waals surface area contributed by atoms with Gasteiger partial charge in [0.1, 0.15) is 11.5 Å². The molecule has 8 aromatic carbocycles. The zero-order chi connectivity index (χ0) is 97.4. The summed E-state index contributed by atoms with van der Waals surface area (Å²) in [5.41, 5.74) is 33.4. The van der Waals surface area contributed by atoms with Gasteiger partial charge in [0.2, 0.25) is 22.2 Å². The van der Waals surface area contributed by atoms with Crippen LogP contribution >= 0.6 is 0 Å². The second-order valence-electron chi connectivity index (χ2n) is 34.7. The van der Waals surface area contributed by atoms with Crippen molar-refractivity contribution >= 4 is 108 Å². The lowest BCUT2D eigenvalue weighted by atomic mass is 9.92. The minimum Gasteiger partial charge on any atom is -0.495 e. The van der Waals surface area contributed by atoms with Gasteiger partial charge in [0, 0.05) is 252 Å². The van der Waals surface area contributed by atoms with Crippen LogP contribution in [-0.4, -0.2) is 191 Å². The topological polar surface area (TPSA) is 399 Å². The number of benzene rings is 8. The van der Waals surface area contributed by atoms with Gasteiger partial charge < -0.3 is 98.3 Å². The molecule has 0 unspecified atom stereocenters. The van der Waals surface area contributed by atoms with Crippen LogP contribution in [0.2, 0.25) is 0 Å². The Bertz CT molecular complexity index is 7560. The van der Waals surface area contributed by atoms with Crippen LogP contribution in [0.4, 0.5) is 79.6 Å². The lowest BCUT2D eigenvalue weighted by Gasteiger charge is -2.33. The number of fused-ring (bicyclic) bond motifs is 8. The number of methoxy groups -OCH3 is 2. The summed E-state index contributed by atoms with van der Waals surface area (Å²) < 4.78 is 33.8. The number of hydrogen-bond donors (Lipinski definition) is 6. The Morgan fingerprint density at radius 3 is 1.24 bits per heavy atom. The number of carbonyl (C=O) groups is 1. The molecule has 7 aliphatic rings. The zero-order valence-corrected chi connectivity index (χ0v) is 78.1.